The number of rotatable bonds is 7. The van der Waals surface area contributed by atoms with E-state index in [0.29, 0.717) is 31.5 Å². The van der Waals surface area contributed by atoms with E-state index in [4.69, 9.17) is 5.73 Å². The number of benzene rings is 3. The van der Waals surface area contributed by atoms with E-state index >= 15 is 0 Å². The SMILES string of the molecule is CNc1cccc([C@H](CCC(N)=O)NC(=O)N2CCc3c(cccc3-c3ccc(C(F)(F)F)cc3)C2)c1. The lowest BCUT2D eigenvalue weighted by Crippen LogP contribution is -2.44. The van der Waals surface area contributed by atoms with Crippen molar-refractivity contribution in [3.63, 3.8) is 0 Å². The second kappa shape index (κ2) is 10.9. The van der Waals surface area contributed by atoms with Crippen molar-refractivity contribution in [1.29, 1.82) is 0 Å². The number of nitrogens with one attached hydrogen (secondary N) is 2. The molecule has 194 valence electrons. The number of hydrogen-bond acceptors (Lipinski definition) is 3. The molecule has 0 aliphatic carbocycles. The molecule has 9 heteroatoms. The summed E-state index contributed by atoms with van der Waals surface area (Å²) >= 11 is 0. The van der Waals surface area contributed by atoms with Crippen LogP contribution in [0.2, 0.25) is 0 Å². The van der Waals surface area contributed by atoms with Gasteiger partial charge in [-0.15, -0.1) is 0 Å². The van der Waals surface area contributed by atoms with Gasteiger partial charge in [0.1, 0.15) is 0 Å². The minimum Gasteiger partial charge on any atom is -0.388 e. The molecule has 0 saturated carbocycles. The summed E-state index contributed by atoms with van der Waals surface area (Å²) in [5, 5.41) is 6.13. The molecule has 1 heterocycles. The number of primary amides is 1. The van der Waals surface area contributed by atoms with Crippen LogP contribution >= 0.6 is 0 Å². The van der Waals surface area contributed by atoms with Crippen LogP contribution in [0.1, 0.15) is 41.1 Å². The molecule has 0 aromatic heterocycles. The fourth-order valence-corrected chi connectivity index (χ4v) is 4.65. The second-order valence-corrected chi connectivity index (χ2v) is 9.07. The minimum absolute atomic E-state index is 0.133. The van der Waals surface area contributed by atoms with Crippen LogP contribution in [-0.4, -0.2) is 30.4 Å². The monoisotopic (exact) mass is 510 g/mol. The minimum atomic E-state index is -4.38. The van der Waals surface area contributed by atoms with Crippen LogP contribution in [0.15, 0.2) is 66.7 Å². The molecule has 0 radical (unpaired) electrons. The van der Waals surface area contributed by atoms with Gasteiger partial charge in [-0.1, -0.05) is 42.5 Å². The number of nitrogens with two attached hydrogens (primary N) is 1. The van der Waals surface area contributed by atoms with Crippen molar-refractivity contribution < 1.29 is 22.8 Å². The third-order valence-electron chi connectivity index (χ3n) is 6.63. The summed E-state index contributed by atoms with van der Waals surface area (Å²) in [6.45, 7) is 0.824. The fraction of sp³-hybridized carbons (Fsp3) is 0.286. The molecule has 3 aromatic rings. The highest BCUT2D eigenvalue weighted by Crippen LogP contribution is 2.34. The molecule has 0 bridgehead atoms. The van der Waals surface area contributed by atoms with Crippen molar-refractivity contribution >= 4 is 17.6 Å². The topological polar surface area (TPSA) is 87.5 Å². The highest BCUT2D eigenvalue weighted by atomic mass is 19.4. The number of fused-ring (bicyclic) bond motifs is 1. The Morgan fingerprint density at radius 3 is 2.46 bits per heavy atom. The summed E-state index contributed by atoms with van der Waals surface area (Å²) in [6.07, 6.45) is -3.31. The molecular formula is C28H29F3N4O2. The summed E-state index contributed by atoms with van der Waals surface area (Å²) in [7, 11) is 1.81. The van der Waals surface area contributed by atoms with Crippen molar-refractivity contribution in [3.8, 4) is 11.1 Å². The Morgan fingerprint density at radius 2 is 1.78 bits per heavy atom. The highest BCUT2D eigenvalue weighted by Gasteiger charge is 2.30. The largest absolute Gasteiger partial charge is 0.416 e. The zero-order valence-electron chi connectivity index (χ0n) is 20.4. The normalized spacial score (nSPS) is 14.0. The van der Waals surface area contributed by atoms with Gasteiger partial charge in [-0.25, -0.2) is 4.79 Å². The molecule has 1 aliphatic heterocycles. The standard InChI is InChI=1S/C28H29F3N4O2/c1-33-22-6-2-4-19(16-22)25(12-13-26(32)36)34-27(37)35-15-14-24-20(17-35)5-3-7-23(24)18-8-10-21(11-9-18)28(29,30)31/h2-11,16,25,33H,12-15,17H2,1H3,(H2,32,36)(H,34,37)/t25-/m0/s1. The first-order valence-corrected chi connectivity index (χ1v) is 12.1. The number of carbonyl (C=O) groups excluding carboxylic acids is 2. The van der Waals surface area contributed by atoms with Gasteiger partial charge in [0.15, 0.2) is 0 Å². The van der Waals surface area contributed by atoms with E-state index in [0.717, 1.165) is 40.1 Å². The number of anilines is 1. The van der Waals surface area contributed by atoms with Crippen molar-refractivity contribution in [2.45, 2.75) is 38.0 Å². The lowest BCUT2D eigenvalue weighted by Gasteiger charge is -2.32. The maximum atomic E-state index is 13.3. The van der Waals surface area contributed by atoms with Gasteiger partial charge in [0.05, 0.1) is 11.6 Å². The summed E-state index contributed by atoms with van der Waals surface area (Å²) in [6, 6.07) is 17.8. The molecule has 0 saturated heterocycles. The molecule has 3 amide bonds. The first-order valence-electron chi connectivity index (χ1n) is 12.1. The first-order chi connectivity index (χ1) is 17.7. The average Bonchev–Trinajstić information content (AvgIpc) is 2.89. The van der Waals surface area contributed by atoms with E-state index in [-0.39, 0.29) is 12.5 Å². The van der Waals surface area contributed by atoms with Gasteiger partial charge in [0.25, 0.3) is 0 Å². The molecule has 0 spiro atoms. The van der Waals surface area contributed by atoms with Crippen molar-refractivity contribution in [2.24, 2.45) is 5.73 Å². The third kappa shape index (κ3) is 6.22. The van der Waals surface area contributed by atoms with Crippen LogP contribution in [0.25, 0.3) is 11.1 Å². The smallest absolute Gasteiger partial charge is 0.388 e. The molecule has 0 fully saturated rings. The Hall–Kier alpha value is -4.01. The van der Waals surface area contributed by atoms with Gasteiger partial charge >= 0.3 is 12.2 Å². The van der Waals surface area contributed by atoms with E-state index < -0.39 is 23.7 Å². The summed E-state index contributed by atoms with van der Waals surface area (Å²) in [5.41, 5.74) is 9.98. The zero-order valence-corrected chi connectivity index (χ0v) is 20.4. The van der Waals surface area contributed by atoms with Crippen molar-refractivity contribution in [1.82, 2.24) is 10.2 Å². The van der Waals surface area contributed by atoms with Gasteiger partial charge in [-0.2, -0.15) is 13.2 Å². The Balaban J connectivity index is 1.51. The maximum absolute atomic E-state index is 13.3. The predicted octanol–water partition coefficient (Wildman–Crippen LogP) is 5.49. The second-order valence-electron chi connectivity index (χ2n) is 9.07. The number of carbonyl (C=O) groups is 2. The van der Waals surface area contributed by atoms with Crippen LogP contribution < -0.4 is 16.4 Å². The molecule has 1 atom stereocenters. The zero-order chi connectivity index (χ0) is 26.6. The maximum Gasteiger partial charge on any atom is 0.416 e. The summed E-state index contributed by atoms with van der Waals surface area (Å²) < 4.78 is 38.9. The van der Waals surface area contributed by atoms with Gasteiger partial charge in [0.2, 0.25) is 5.91 Å². The predicted molar refractivity (Wildman–Crippen MR) is 137 cm³/mol. The number of nitrogens with zero attached hydrogens (tertiary/aromatic N) is 1. The van der Waals surface area contributed by atoms with E-state index in [1.54, 1.807) is 11.9 Å². The van der Waals surface area contributed by atoms with E-state index in [2.05, 4.69) is 10.6 Å². The lowest BCUT2D eigenvalue weighted by molar-refractivity contribution is -0.137. The highest BCUT2D eigenvalue weighted by molar-refractivity contribution is 5.77. The molecule has 0 unspecified atom stereocenters. The summed E-state index contributed by atoms with van der Waals surface area (Å²) in [5.74, 6) is -0.438. The Kier molecular flexibility index (Phi) is 7.71. The van der Waals surface area contributed by atoms with E-state index in [1.165, 1.54) is 12.1 Å². The Morgan fingerprint density at radius 1 is 1.05 bits per heavy atom. The number of amides is 3. The number of urea groups is 1. The van der Waals surface area contributed by atoms with Crippen LogP contribution in [0.4, 0.5) is 23.7 Å². The quantitative estimate of drug-likeness (QED) is 0.393. The average molecular weight is 511 g/mol. The van der Waals surface area contributed by atoms with Crippen molar-refractivity contribution in [2.75, 3.05) is 18.9 Å². The van der Waals surface area contributed by atoms with Gasteiger partial charge < -0.3 is 21.3 Å². The number of halogens is 3. The first kappa shape index (κ1) is 26.1. The Bertz CT molecular complexity index is 1280. The summed E-state index contributed by atoms with van der Waals surface area (Å²) in [4.78, 5) is 26.4. The fourth-order valence-electron chi connectivity index (χ4n) is 4.65. The Labute approximate surface area is 213 Å². The van der Waals surface area contributed by atoms with Gasteiger partial charge in [-0.3, -0.25) is 4.79 Å². The van der Waals surface area contributed by atoms with Gasteiger partial charge in [0, 0.05) is 32.2 Å². The molecule has 6 nitrogen and oxygen atoms in total. The molecular weight excluding hydrogens is 481 g/mol. The van der Waals surface area contributed by atoms with Crippen LogP contribution in [0, 0.1) is 0 Å². The molecule has 4 rings (SSSR count). The van der Waals surface area contributed by atoms with Crippen LogP contribution in [-0.2, 0) is 23.9 Å². The molecule has 4 N–H and O–H groups in total. The lowest BCUT2D eigenvalue weighted by atomic mass is 9.90. The van der Waals surface area contributed by atoms with E-state index in [9.17, 15) is 22.8 Å². The van der Waals surface area contributed by atoms with Crippen LogP contribution in [0.3, 0.4) is 0 Å². The number of alkyl halides is 3. The molecule has 3 aromatic carbocycles. The van der Waals surface area contributed by atoms with Crippen molar-refractivity contribution in [3.05, 3.63) is 89.0 Å². The van der Waals surface area contributed by atoms with E-state index in [1.807, 2.05) is 42.5 Å². The number of hydrogen-bond donors (Lipinski definition) is 3. The van der Waals surface area contributed by atoms with Crippen LogP contribution in [0.5, 0.6) is 0 Å². The van der Waals surface area contributed by atoms with Gasteiger partial charge in [-0.05, 0) is 64.9 Å². The third-order valence-corrected chi connectivity index (χ3v) is 6.63. The molecule has 1 aliphatic rings. The molecule has 37 heavy (non-hydrogen) atoms.